The van der Waals surface area contributed by atoms with Gasteiger partial charge in [0, 0.05) is 27.8 Å². The van der Waals surface area contributed by atoms with Gasteiger partial charge in [0.15, 0.2) is 0 Å². The molecular weight excluding hydrogens is 598 g/mol. The Kier molecular flexibility index (Phi) is 10.7. The van der Waals surface area contributed by atoms with Gasteiger partial charge in [-0.1, -0.05) is 60.2 Å². The van der Waals surface area contributed by atoms with Gasteiger partial charge in [-0.3, -0.25) is 14.4 Å². The largest absolute Gasteiger partial charge is 0.492 e. The van der Waals surface area contributed by atoms with Crippen molar-refractivity contribution < 1.29 is 23.5 Å². The molecule has 0 saturated heterocycles. The van der Waals surface area contributed by atoms with Gasteiger partial charge in [-0.2, -0.15) is 0 Å². The van der Waals surface area contributed by atoms with Crippen molar-refractivity contribution in [3.8, 4) is 17.1 Å². The Morgan fingerprint density at radius 2 is 1.52 bits per heavy atom. The Labute approximate surface area is 271 Å². The first-order chi connectivity index (χ1) is 22.4. The highest BCUT2D eigenvalue weighted by Crippen LogP contribution is 2.26. The number of hydrogen-bond acceptors (Lipinski definition) is 6. The summed E-state index contributed by atoms with van der Waals surface area (Å²) in [7, 11) is 0. The summed E-state index contributed by atoms with van der Waals surface area (Å²) in [6.45, 7) is 4.40. The Morgan fingerprint density at radius 3 is 2.26 bits per heavy atom. The van der Waals surface area contributed by atoms with Crippen LogP contribution < -0.4 is 20.7 Å². The molecule has 0 aliphatic heterocycles. The second-order valence-electron chi connectivity index (χ2n) is 10.2. The first kappa shape index (κ1) is 31.9. The Balaban J connectivity index is 1.25. The van der Waals surface area contributed by atoms with Gasteiger partial charge in [0.25, 0.3) is 11.8 Å². The van der Waals surface area contributed by atoms with Crippen LogP contribution in [-0.2, 0) is 9.59 Å². The van der Waals surface area contributed by atoms with Crippen LogP contribution in [0.1, 0.15) is 28.6 Å². The fourth-order valence-corrected chi connectivity index (χ4v) is 5.11. The highest BCUT2D eigenvalue weighted by atomic mass is 32.2. The number of para-hydroxylation sites is 2. The normalized spacial score (nSPS) is 11.0. The average Bonchev–Trinajstić information content (AvgIpc) is 3.54. The van der Waals surface area contributed by atoms with E-state index in [1.54, 1.807) is 48.5 Å². The summed E-state index contributed by atoms with van der Waals surface area (Å²) < 4.78 is 11.6. The van der Waals surface area contributed by atoms with Crippen LogP contribution in [0.4, 0.5) is 11.4 Å². The SMILES string of the molecule is CCOc1ccccc1NC(=O)CSc1ccc(NC(=O)C(=Cc2ccc(-c3ccc(C)cc3)o2)NC(=O)c2ccccc2)cc1. The van der Waals surface area contributed by atoms with E-state index in [2.05, 4.69) is 16.0 Å². The summed E-state index contributed by atoms with van der Waals surface area (Å²) in [6.07, 6.45) is 1.50. The maximum atomic E-state index is 13.4. The van der Waals surface area contributed by atoms with Crippen molar-refractivity contribution in [2.24, 2.45) is 0 Å². The van der Waals surface area contributed by atoms with E-state index in [1.165, 1.54) is 17.8 Å². The highest BCUT2D eigenvalue weighted by molar-refractivity contribution is 8.00. The van der Waals surface area contributed by atoms with Gasteiger partial charge in [0.2, 0.25) is 5.91 Å². The summed E-state index contributed by atoms with van der Waals surface area (Å²) in [6, 6.07) is 34.5. The van der Waals surface area contributed by atoms with Crippen LogP contribution in [-0.4, -0.2) is 30.1 Å². The number of carbonyl (C=O) groups is 3. The van der Waals surface area contributed by atoms with Gasteiger partial charge in [-0.15, -0.1) is 11.8 Å². The summed E-state index contributed by atoms with van der Waals surface area (Å²) in [5, 5.41) is 8.45. The van der Waals surface area contributed by atoms with Gasteiger partial charge < -0.3 is 25.1 Å². The molecule has 5 rings (SSSR count). The number of furan rings is 1. The maximum Gasteiger partial charge on any atom is 0.272 e. The topological polar surface area (TPSA) is 110 Å². The number of thioether (sulfide) groups is 1. The standard InChI is InChI=1S/C37H33N3O5S/c1-3-44-34-12-8-7-11-31(34)39-35(41)24-46-30-20-17-28(18-21-30)38-37(43)32(40-36(42)27-9-5-4-6-10-27)23-29-19-22-33(45-29)26-15-13-25(2)14-16-26/h4-23H,3,24H2,1-2H3,(H,38,43)(H,39,41)(H,40,42). The van der Waals surface area contributed by atoms with Crippen LogP contribution in [0, 0.1) is 6.92 Å². The van der Waals surface area contributed by atoms with Crippen LogP contribution in [0.25, 0.3) is 17.4 Å². The quantitative estimate of drug-likeness (QED) is 0.0958. The van der Waals surface area contributed by atoms with Crippen molar-refractivity contribution in [1.82, 2.24) is 5.32 Å². The predicted octanol–water partition coefficient (Wildman–Crippen LogP) is 7.79. The molecule has 0 spiro atoms. The zero-order valence-corrected chi connectivity index (χ0v) is 26.2. The van der Waals surface area contributed by atoms with Crippen LogP contribution in [0.3, 0.4) is 0 Å². The third-order valence-electron chi connectivity index (χ3n) is 6.72. The minimum Gasteiger partial charge on any atom is -0.492 e. The van der Waals surface area contributed by atoms with Gasteiger partial charge >= 0.3 is 0 Å². The number of aryl methyl sites for hydroxylation is 1. The van der Waals surface area contributed by atoms with E-state index in [1.807, 2.05) is 80.6 Å². The number of carbonyl (C=O) groups excluding carboxylic acids is 3. The van der Waals surface area contributed by atoms with E-state index in [-0.39, 0.29) is 17.4 Å². The highest BCUT2D eigenvalue weighted by Gasteiger charge is 2.17. The molecule has 0 atom stereocenters. The molecule has 0 fully saturated rings. The van der Waals surface area contributed by atoms with E-state index in [0.29, 0.717) is 40.8 Å². The summed E-state index contributed by atoms with van der Waals surface area (Å²) >= 11 is 1.36. The van der Waals surface area contributed by atoms with E-state index in [9.17, 15) is 14.4 Å². The fraction of sp³-hybridized carbons (Fsp3) is 0.108. The molecule has 0 saturated carbocycles. The molecule has 3 N–H and O–H groups in total. The van der Waals surface area contributed by atoms with Crippen LogP contribution >= 0.6 is 11.8 Å². The second-order valence-corrected chi connectivity index (χ2v) is 11.2. The van der Waals surface area contributed by atoms with Crippen molar-refractivity contribution in [3.63, 3.8) is 0 Å². The number of ether oxygens (including phenoxy) is 1. The second kappa shape index (κ2) is 15.5. The van der Waals surface area contributed by atoms with E-state index < -0.39 is 11.8 Å². The van der Waals surface area contributed by atoms with Crippen molar-refractivity contribution in [2.75, 3.05) is 23.0 Å². The van der Waals surface area contributed by atoms with Crippen molar-refractivity contribution in [2.45, 2.75) is 18.7 Å². The number of anilines is 2. The first-order valence-corrected chi connectivity index (χ1v) is 15.7. The lowest BCUT2D eigenvalue weighted by Crippen LogP contribution is -2.30. The van der Waals surface area contributed by atoms with Gasteiger partial charge in [0.05, 0.1) is 18.0 Å². The number of amides is 3. The molecule has 1 heterocycles. The zero-order valence-electron chi connectivity index (χ0n) is 25.4. The maximum absolute atomic E-state index is 13.4. The number of benzene rings is 4. The lowest BCUT2D eigenvalue weighted by Gasteiger charge is -2.12. The molecule has 9 heteroatoms. The Morgan fingerprint density at radius 1 is 0.804 bits per heavy atom. The number of hydrogen-bond donors (Lipinski definition) is 3. The van der Waals surface area contributed by atoms with Crippen LogP contribution in [0.15, 0.2) is 130 Å². The molecular formula is C37H33N3O5S. The molecule has 1 aromatic heterocycles. The molecule has 0 aliphatic rings. The lowest BCUT2D eigenvalue weighted by molar-refractivity contribution is -0.114. The third-order valence-corrected chi connectivity index (χ3v) is 7.73. The molecule has 3 amide bonds. The molecule has 8 nitrogen and oxygen atoms in total. The van der Waals surface area contributed by atoms with Gasteiger partial charge in [-0.25, -0.2) is 0 Å². The van der Waals surface area contributed by atoms with Gasteiger partial charge in [-0.05, 0) is 74.5 Å². The molecule has 46 heavy (non-hydrogen) atoms. The van der Waals surface area contributed by atoms with E-state index in [4.69, 9.17) is 9.15 Å². The number of nitrogens with one attached hydrogen (secondary N) is 3. The average molecular weight is 632 g/mol. The molecule has 0 bridgehead atoms. The molecule has 0 radical (unpaired) electrons. The van der Waals surface area contributed by atoms with Crippen LogP contribution in [0.2, 0.25) is 0 Å². The van der Waals surface area contributed by atoms with Crippen molar-refractivity contribution in [3.05, 3.63) is 138 Å². The molecule has 0 aliphatic carbocycles. The van der Waals surface area contributed by atoms with E-state index in [0.717, 1.165) is 16.0 Å². The predicted molar refractivity (Wildman–Crippen MR) is 183 cm³/mol. The van der Waals surface area contributed by atoms with Crippen molar-refractivity contribution in [1.29, 1.82) is 0 Å². The molecule has 232 valence electrons. The number of rotatable bonds is 12. The zero-order chi connectivity index (χ0) is 32.3. The smallest absolute Gasteiger partial charge is 0.272 e. The van der Waals surface area contributed by atoms with Gasteiger partial charge in [0.1, 0.15) is 23.0 Å². The van der Waals surface area contributed by atoms with Crippen molar-refractivity contribution >= 4 is 46.9 Å². The minimum absolute atomic E-state index is 0.0149. The minimum atomic E-state index is -0.523. The molecule has 0 unspecified atom stereocenters. The first-order valence-electron chi connectivity index (χ1n) is 14.7. The Hall–Kier alpha value is -5.54. The lowest BCUT2D eigenvalue weighted by atomic mass is 10.1. The Bertz CT molecular complexity index is 1830. The third kappa shape index (κ3) is 8.77. The molecule has 5 aromatic rings. The summed E-state index contributed by atoms with van der Waals surface area (Å²) in [4.78, 5) is 39.9. The fourth-order valence-electron chi connectivity index (χ4n) is 4.41. The van der Waals surface area contributed by atoms with Crippen LogP contribution in [0.5, 0.6) is 5.75 Å². The van der Waals surface area contributed by atoms with E-state index >= 15 is 0 Å². The summed E-state index contributed by atoms with van der Waals surface area (Å²) in [5.74, 6) is 0.742. The molecule has 4 aromatic carbocycles. The summed E-state index contributed by atoms with van der Waals surface area (Å²) in [5.41, 5.74) is 3.60. The monoisotopic (exact) mass is 631 g/mol.